The third kappa shape index (κ3) is 14.6. The summed E-state index contributed by atoms with van der Waals surface area (Å²) < 4.78 is 16.2. The van der Waals surface area contributed by atoms with E-state index < -0.39 is 8.80 Å². The van der Waals surface area contributed by atoms with Crippen molar-refractivity contribution in [3.05, 3.63) is 5.73 Å². The molecular weight excluding hydrogens is 494 g/mol. The fourth-order valence-corrected chi connectivity index (χ4v) is 5.37. The molecular formula is C11H26BN2O3PSSiW-. The average Bonchev–Trinajstić information content (AvgIpc) is 2.44. The Labute approximate surface area is 153 Å². The van der Waals surface area contributed by atoms with E-state index >= 15 is 0 Å². The fraction of sp³-hybridized carbons (Fsp3) is 1.00. The van der Waals surface area contributed by atoms with E-state index in [1.54, 1.807) is 14.2 Å². The molecule has 0 saturated carbocycles. The van der Waals surface area contributed by atoms with Crippen molar-refractivity contribution in [2.45, 2.75) is 38.1 Å². The molecule has 0 aromatic rings. The van der Waals surface area contributed by atoms with Crippen molar-refractivity contribution in [1.82, 2.24) is 5.32 Å². The Morgan fingerprint density at radius 2 is 1.62 bits per heavy atom. The molecule has 0 aliphatic rings. The minimum atomic E-state index is -2.51. The van der Waals surface area contributed by atoms with Crippen LogP contribution < -0.4 is 5.32 Å². The van der Waals surface area contributed by atoms with Crippen LogP contribution in [0, 0.1) is 0 Å². The number of unbranched alkanes of at least 4 members (excludes halogenated alkanes) is 3. The van der Waals surface area contributed by atoms with Crippen LogP contribution in [0.2, 0.25) is 6.04 Å². The Morgan fingerprint density at radius 3 is 2.14 bits per heavy atom. The van der Waals surface area contributed by atoms with Gasteiger partial charge in [0.25, 0.3) is 0 Å². The molecule has 5 nitrogen and oxygen atoms in total. The van der Waals surface area contributed by atoms with Gasteiger partial charge in [0.2, 0.25) is 0 Å². The van der Waals surface area contributed by atoms with E-state index in [-0.39, 0.29) is 29.5 Å². The third-order valence-electron chi connectivity index (χ3n) is 2.92. The molecule has 0 amide bonds. The van der Waals surface area contributed by atoms with E-state index in [0.29, 0.717) is 14.1 Å². The molecule has 3 radical (unpaired) electrons. The first-order chi connectivity index (χ1) is 9.24. The summed E-state index contributed by atoms with van der Waals surface area (Å²) in [6, 6.07) is 0.787. The van der Waals surface area contributed by atoms with Crippen LogP contribution in [0.15, 0.2) is 0 Å². The maximum absolute atomic E-state index is 7.05. The molecule has 10 heteroatoms. The molecule has 0 atom stereocenters. The van der Waals surface area contributed by atoms with Gasteiger partial charge in [0.15, 0.2) is 0 Å². The van der Waals surface area contributed by atoms with Crippen LogP contribution in [0.3, 0.4) is 0 Å². The van der Waals surface area contributed by atoms with Crippen molar-refractivity contribution in [2.75, 3.05) is 33.9 Å². The van der Waals surface area contributed by atoms with Crippen LogP contribution in [-0.2, 0) is 45.9 Å². The molecule has 0 saturated heterocycles. The number of nitrogens with one attached hydrogen (secondary N) is 2. The number of hydrogen-bond acceptors (Lipinski definition) is 5. The van der Waals surface area contributed by atoms with Gasteiger partial charge in [-0.1, -0.05) is 19.3 Å². The molecule has 0 aliphatic carbocycles. The first kappa shape index (κ1) is 27.2. The van der Waals surface area contributed by atoms with E-state index in [0.717, 1.165) is 32.0 Å². The van der Waals surface area contributed by atoms with E-state index in [1.807, 2.05) is 0 Å². The zero-order valence-electron chi connectivity index (χ0n) is 12.9. The minimum absolute atomic E-state index is 0. The molecule has 2 N–H and O–H groups in total. The van der Waals surface area contributed by atoms with Crippen molar-refractivity contribution in [3.8, 4) is 0 Å². The van der Waals surface area contributed by atoms with Crippen LogP contribution in [0.1, 0.15) is 32.1 Å². The normalized spacial score (nSPS) is 11.0. The molecule has 123 valence electrons. The first-order valence-corrected chi connectivity index (χ1v) is 10.5. The molecule has 0 aromatic carbocycles. The Morgan fingerprint density at radius 1 is 1.05 bits per heavy atom. The molecule has 0 unspecified atom stereocenters. The minimum Gasteiger partial charge on any atom is -0.677 e. The van der Waals surface area contributed by atoms with Crippen molar-refractivity contribution in [1.29, 1.82) is 0 Å². The van der Waals surface area contributed by atoms with Gasteiger partial charge in [-0.2, -0.15) is 6.54 Å². The summed E-state index contributed by atoms with van der Waals surface area (Å²) in [7, 11) is 1.18. The van der Waals surface area contributed by atoms with Crippen LogP contribution in [0.4, 0.5) is 0 Å². The standard InChI is InChI=1S/C11H26N2O3PSSi.B.W/c1-14-19(15-2,16-17-18)11-7-10-13-9-6-4-3-5-8-12;;/h12-13H,3-11H2,1-2H3;;/q-1;;. The van der Waals surface area contributed by atoms with Gasteiger partial charge in [0, 0.05) is 49.7 Å². The van der Waals surface area contributed by atoms with Crippen LogP contribution in [-0.4, -0.2) is 51.1 Å². The zero-order valence-corrected chi connectivity index (χ0v) is 18.6. The molecule has 0 aromatic heterocycles. The predicted octanol–water partition coefficient (Wildman–Crippen LogP) is 2.77. The average molecular weight is 520 g/mol. The van der Waals surface area contributed by atoms with Gasteiger partial charge >= 0.3 is 8.80 Å². The van der Waals surface area contributed by atoms with Crippen molar-refractivity contribution >= 4 is 36.6 Å². The van der Waals surface area contributed by atoms with Crippen molar-refractivity contribution in [2.24, 2.45) is 0 Å². The topological polar surface area (TPSA) is 63.5 Å². The van der Waals surface area contributed by atoms with Crippen LogP contribution >= 0.6 is 7.58 Å². The van der Waals surface area contributed by atoms with Crippen LogP contribution in [0.5, 0.6) is 0 Å². The Bertz CT molecular complexity index is 236. The summed E-state index contributed by atoms with van der Waals surface area (Å²) in [6.45, 7) is 2.53. The number of hydrogen-bond donors (Lipinski definition) is 1. The summed E-state index contributed by atoms with van der Waals surface area (Å²) in [6.07, 6.45) is 5.54. The molecule has 0 heterocycles. The molecule has 0 rings (SSSR count). The zero-order chi connectivity index (χ0) is 14.4. The Hall–Kier alpha value is 1.29. The number of rotatable bonds is 14. The van der Waals surface area contributed by atoms with Gasteiger partial charge in [-0.3, -0.25) is 0 Å². The van der Waals surface area contributed by atoms with Gasteiger partial charge in [0.1, 0.15) is 7.58 Å². The fourth-order valence-electron chi connectivity index (χ4n) is 1.75. The predicted molar refractivity (Wildman–Crippen MR) is 90.8 cm³/mol. The third-order valence-corrected chi connectivity index (χ3v) is 7.21. The smallest absolute Gasteiger partial charge is 0.509 e. The maximum atomic E-state index is 7.05. The maximum Gasteiger partial charge on any atom is 0.509 e. The summed E-state index contributed by atoms with van der Waals surface area (Å²) >= 11 is 4.80. The molecule has 21 heavy (non-hydrogen) atoms. The summed E-state index contributed by atoms with van der Waals surface area (Å²) in [5.74, 6) is 0. The van der Waals surface area contributed by atoms with Gasteiger partial charge in [-0.05, 0) is 37.7 Å². The second kappa shape index (κ2) is 19.3. The van der Waals surface area contributed by atoms with E-state index in [4.69, 9.17) is 30.6 Å². The van der Waals surface area contributed by atoms with E-state index in [9.17, 15) is 0 Å². The van der Waals surface area contributed by atoms with Crippen molar-refractivity contribution < 1.29 is 34.1 Å². The summed E-state index contributed by atoms with van der Waals surface area (Å²) in [5, 5.41) is 3.41. The van der Waals surface area contributed by atoms with Gasteiger partial charge in [-0.25, -0.2) is 0 Å². The SMILES string of the molecule is CO[Si](CCCNCCCCCC[NH-])(OC)OP=S.[B].[W]. The van der Waals surface area contributed by atoms with Crippen molar-refractivity contribution in [3.63, 3.8) is 0 Å². The van der Waals surface area contributed by atoms with E-state index in [2.05, 4.69) is 5.32 Å². The van der Waals surface area contributed by atoms with Crippen LogP contribution in [0.25, 0.3) is 5.73 Å². The van der Waals surface area contributed by atoms with Gasteiger partial charge in [-0.15, -0.1) is 0 Å². The first-order valence-electron chi connectivity index (χ1n) is 6.71. The van der Waals surface area contributed by atoms with Gasteiger partial charge < -0.3 is 24.1 Å². The Kier molecular flexibility index (Phi) is 25.0. The largest absolute Gasteiger partial charge is 0.677 e. The van der Waals surface area contributed by atoms with Gasteiger partial charge in [0.05, 0.1) is 0 Å². The molecule has 0 bridgehead atoms. The summed E-state index contributed by atoms with van der Waals surface area (Å²) in [5.41, 5.74) is 7.05. The monoisotopic (exact) mass is 520 g/mol. The molecule has 0 spiro atoms. The Balaban J connectivity index is -0.00000162. The second-order valence-corrected chi connectivity index (χ2v) is 8.28. The molecule has 0 aliphatic heterocycles. The second-order valence-electron chi connectivity index (χ2n) is 4.27. The summed E-state index contributed by atoms with van der Waals surface area (Å²) in [4.78, 5) is 0. The quantitative estimate of drug-likeness (QED) is 0.217. The molecule has 0 fully saturated rings. The van der Waals surface area contributed by atoms with E-state index in [1.165, 1.54) is 19.3 Å².